The zero-order valence-electron chi connectivity index (χ0n) is 7.25. The zero-order valence-corrected chi connectivity index (χ0v) is 9.65. The minimum absolute atomic E-state index is 0.680. The van der Waals surface area contributed by atoms with Crippen LogP contribution in [0.3, 0.4) is 0 Å². The second-order valence-electron chi connectivity index (χ2n) is 2.90. The lowest BCUT2D eigenvalue weighted by atomic mass is 10.1. The molecule has 0 saturated heterocycles. The summed E-state index contributed by atoms with van der Waals surface area (Å²) < 4.78 is 1.08. The molecule has 0 spiro atoms. The van der Waals surface area contributed by atoms with E-state index in [2.05, 4.69) is 22.0 Å². The van der Waals surface area contributed by atoms with Gasteiger partial charge in [0.25, 0.3) is 0 Å². The van der Waals surface area contributed by atoms with Crippen LogP contribution in [0.2, 0.25) is 0 Å². The van der Waals surface area contributed by atoms with Gasteiger partial charge in [-0.3, -0.25) is 0 Å². The number of fused-ring (bicyclic) bond motifs is 1. The Morgan fingerprint density at radius 2 is 2.29 bits per heavy atom. The molecular formula is C10H7BrN2S. The summed E-state index contributed by atoms with van der Waals surface area (Å²) in [6.45, 7) is 0. The average Bonchev–Trinajstić information content (AvgIpc) is 2.55. The number of rotatable bonds is 1. The second kappa shape index (κ2) is 3.60. The quantitative estimate of drug-likeness (QED) is 0.806. The van der Waals surface area contributed by atoms with E-state index in [4.69, 9.17) is 11.0 Å². The highest BCUT2D eigenvalue weighted by Gasteiger charge is 2.08. The fourth-order valence-electron chi connectivity index (χ4n) is 1.34. The monoisotopic (exact) mass is 266 g/mol. The van der Waals surface area contributed by atoms with Gasteiger partial charge in [-0.1, -0.05) is 22.0 Å². The first-order valence-corrected chi connectivity index (χ1v) is 5.97. The van der Waals surface area contributed by atoms with Gasteiger partial charge < -0.3 is 5.73 Å². The molecule has 2 aromatic rings. The van der Waals surface area contributed by atoms with Gasteiger partial charge in [0.1, 0.15) is 0 Å². The van der Waals surface area contributed by atoms with Crippen molar-refractivity contribution in [2.24, 2.45) is 0 Å². The zero-order chi connectivity index (χ0) is 10.1. The molecule has 0 saturated carbocycles. The van der Waals surface area contributed by atoms with Crippen LogP contribution >= 0.6 is 27.3 Å². The number of nitriles is 1. The summed E-state index contributed by atoms with van der Waals surface area (Å²) >= 11 is 5.02. The van der Waals surface area contributed by atoms with Crippen molar-refractivity contribution in [3.63, 3.8) is 0 Å². The molecule has 1 heterocycles. The van der Waals surface area contributed by atoms with E-state index in [9.17, 15) is 0 Å². The van der Waals surface area contributed by atoms with Gasteiger partial charge in [-0.05, 0) is 12.1 Å². The smallest absolute Gasteiger partial charge is 0.0992 e. The molecule has 0 aliphatic rings. The molecule has 0 fully saturated rings. The summed E-state index contributed by atoms with van der Waals surface area (Å²) in [6, 6.07) is 7.70. The van der Waals surface area contributed by atoms with Crippen LogP contribution in [0.5, 0.6) is 0 Å². The molecular weight excluding hydrogens is 260 g/mol. The van der Waals surface area contributed by atoms with E-state index >= 15 is 0 Å². The van der Waals surface area contributed by atoms with Gasteiger partial charge >= 0.3 is 0 Å². The lowest BCUT2D eigenvalue weighted by Gasteiger charge is -1.92. The Hall–Kier alpha value is -1.05. The summed E-state index contributed by atoms with van der Waals surface area (Å²) in [5, 5.41) is 10.6. The molecule has 2 rings (SSSR count). The highest BCUT2D eigenvalue weighted by Crippen LogP contribution is 2.35. The normalized spacial score (nSPS) is 10.3. The van der Waals surface area contributed by atoms with Crippen molar-refractivity contribution in [2.45, 2.75) is 5.33 Å². The number of hydrogen-bond acceptors (Lipinski definition) is 3. The summed E-state index contributed by atoms with van der Waals surface area (Å²) in [5.74, 6) is 0. The van der Waals surface area contributed by atoms with Crippen LogP contribution in [0.4, 0.5) is 5.69 Å². The SMILES string of the molecule is N#Cc1ccc2c(N)c(CBr)sc2c1. The maximum absolute atomic E-state index is 8.74. The highest BCUT2D eigenvalue weighted by molar-refractivity contribution is 9.08. The van der Waals surface area contributed by atoms with Crippen LogP contribution in [-0.4, -0.2) is 0 Å². The number of nitrogens with two attached hydrogens (primary N) is 1. The number of nitrogens with zero attached hydrogens (tertiary/aromatic N) is 1. The minimum atomic E-state index is 0.680. The van der Waals surface area contributed by atoms with Crippen molar-refractivity contribution in [2.75, 3.05) is 5.73 Å². The summed E-state index contributed by atoms with van der Waals surface area (Å²) in [4.78, 5) is 1.12. The average molecular weight is 267 g/mol. The Balaban J connectivity index is 2.74. The van der Waals surface area contributed by atoms with Gasteiger partial charge in [0.15, 0.2) is 0 Å². The van der Waals surface area contributed by atoms with Crippen LogP contribution in [-0.2, 0) is 5.33 Å². The molecule has 0 aliphatic heterocycles. The van der Waals surface area contributed by atoms with Crippen molar-refractivity contribution in [1.29, 1.82) is 5.26 Å². The topological polar surface area (TPSA) is 49.8 Å². The van der Waals surface area contributed by atoms with E-state index in [1.807, 2.05) is 12.1 Å². The Labute approximate surface area is 94.1 Å². The third-order valence-electron chi connectivity index (χ3n) is 2.06. The number of benzene rings is 1. The van der Waals surface area contributed by atoms with E-state index in [1.165, 1.54) is 0 Å². The van der Waals surface area contributed by atoms with Crippen molar-refractivity contribution < 1.29 is 0 Å². The third-order valence-corrected chi connectivity index (χ3v) is 4.16. The second-order valence-corrected chi connectivity index (χ2v) is 4.59. The van der Waals surface area contributed by atoms with Gasteiger partial charge in [-0.25, -0.2) is 0 Å². The van der Waals surface area contributed by atoms with E-state index in [0.717, 1.165) is 26.0 Å². The molecule has 0 aliphatic carbocycles. The molecule has 0 atom stereocenters. The van der Waals surface area contributed by atoms with Crippen molar-refractivity contribution in [1.82, 2.24) is 0 Å². The third kappa shape index (κ3) is 1.39. The number of anilines is 1. The summed E-state index contributed by atoms with van der Waals surface area (Å²) in [7, 11) is 0. The number of nitrogen functional groups attached to an aromatic ring is 1. The fourth-order valence-corrected chi connectivity index (χ4v) is 3.00. The Morgan fingerprint density at radius 3 is 2.93 bits per heavy atom. The molecule has 2 nitrogen and oxygen atoms in total. The van der Waals surface area contributed by atoms with Gasteiger partial charge in [0.05, 0.1) is 17.3 Å². The largest absolute Gasteiger partial charge is 0.397 e. The van der Waals surface area contributed by atoms with Crippen molar-refractivity contribution in [3.8, 4) is 6.07 Å². The Kier molecular flexibility index (Phi) is 2.44. The van der Waals surface area contributed by atoms with Crippen molar-refractivity contribution in [3.05, 3.63) is 28.6 Å². The van der Waals surface area contributed by atoms with E-state index in [-0.39, 0.29) is 0 Å². The molecule has 1 aromatic heterocycles. The number of thiophene rings is 1. The maximum Gasteiger partial charge on any atom is 0.0992 e. The first-order chi connectivity index (χ1) is 6.76. The van der Waals surface area contributed by atoms with Crippen LogP contribution in [0.1, 0.15) is 10.4 Å². The first kappa shape index (κ1) is 9.50. The van der Waals surface area contributed by atoms with Crippen LogP contribution in [0, 0.1) is 11.3 Å². The molecule has 14 heavy (non-hydrogen) atoms. The standard InChI is InChI=1S/C10H7BrN2S/c11-4-9-10(13)7-2-1-6(5-12)3-8(7)14-9/h1-3H,4,13H2. The van der Waals surface area contributed by atoms with Crippen LogP contribution < -0.4 is 5.73 Å². The van der Waals surface area contributed by atoms with E-state index < -0.39 is 0 Å². The van der Waals surface area contributed by atoms with Gasteiger partial charge in [0, 0.05) is 20.3 Å². The predicted octanol–water partition coefficient (Wildman–Crippen LogP) is 3.25. The molecule has 1 aromatic carbocycles. The number of hydrogen-bond donors (Lipinski definition) is 1. The van der Waals surface area contributed by atoms with Gasteiger partial charge in [0.2, 0.25) is 0 Å². The molecule has 4 heteroatoms. The lowest BCUT2D eigenvalue weighted by molar-refractivity contribution is 1.50. The molecule has 0 amide bonds. The number of halogens is 1. The Bertz CT molecular complexity index is 525. The predicted molar refractivity (Wildman–Crippen MR) is 63.6 cm³/mol. The highest BCUT2D eigenvalue weighted by atomic mass is 79.9. The van der Waals surface area contributed by atoms with Crippen molar-refractivity contribution >= 4 is 43.0 Å². The fraction of sp³-hybridized carbons (Fsp3) is 0.100. The first-order valence-electron chi connectivity index (χ1n) is 4.03. The van der Waals surface area contributed by atoms with E-state index in [0.29, 0.717) is 5.56 Å². The minimum Gasteiger partial charge on any atom is -0.397 e. The molecule has 70 valence electrons. The van der Waals surface area contributed by atoms with Gasteiger partial charge in [-0.2, -0.15) is 5.26 Å². The van der Waals surface area contributed by atoms with Crippen LogP contribution in [0.25, 0.3) is 10.1 Å². The summed E-state index contributed by atoms with van der Waals surface area (Å²) in [5.41, 5.74) is 7.44. The van der Waals surface area contributed by atoms with Gasteiger partial charge in [-0.15, -0.1) is 11.3 Å². The van der Waals surface area contributed by atoms with Crippen LogP contribution in [0.15, 0.2) is 18.2 Å². The summed E-state index contributed by atoms with van der Waals surface area (Å²) in [6.07, 6.45) is 0. The number of alkyl halides is 1. The lowest BCUT2D eigenvalue weighted by Crippen LogP contribution is -1.85. The molecule has 0 radical (unpaired) electrons. The molecule has 0 unspecified atom stereocenters. The molecule has 0 bridgehead atoms. The Morgan fingerprint density at radius 1 is 1.50 bits per heavy atom. The van der Waals surface area contributed by atoms with E-state index in [1.54, 1.807) is 17.4 Å². The molecule has 2 N–H and O–H groups in total. The maximum atomic E-state index is 8.74.